The lowest BCUT2D eigenvalue weighted by molar-refractivity contribution is 1.28. The maximum atomic E-state index is 9.11. The van der Waals surface area contributed by atoms with Crippen molar-refractivity contribution in [3.63, 3.8) is 0 Å². The second-order valence-electron chi connectivity index (χ2n) is 11.3. The van der Waals surface area contributed by atoms with E-state index in [1.165, 1.54) is 43.4 Å². The minimum atomic E-state index is 0.258. The molecule has 0 aliphatic rings. The Hall–Kier alpha value is -6.06. The topological polar surface area (TPSA) is 50.9 Å². The largest absolute Gasteiger partial charge is 0.284 e. The monoisotopic (exact) mass is 575 g/mol. The highest BCUT2D eigenvalue weighted by molar-refractivity contribution is 6.29. The van der Waals surface area contributed by atoms with Gasteiger partial charge in [0.15, 0.2) is 0 Å². The fourth-order valence-corrected chi connectivity index (χ4v) is 6.53. The van der Waals surface area contributed by atoms with Gasteiger partial charge in [0.25, 0.3) is 0 Å². The van der Waals surface area contributed by atoms with Crippen LogP contribution in [0.3, 0.4) is 0 Å². The first kappa shape index (κ1) is 26.6. The van der Waals surface area contributed by atoms with Crippen LogP contribution in [0.4, 0.5) is 5.69 Å². The molecule has 0 aromatic heterocycles. The number of nitrogens with zero attached hydrogens (tertiary/aromatic N) is 1. The van der Waals surface area contributed by atoms with Gasteiger partial charge in [0.05, 0.1) is 0 Å². The molecule has 0 atom stereocenters. The summed E-state index contributed by atoms with van der Waals surface area (Å²) in [7, 11) is 0. The average Bonchev–Trinajstić information content (AvgIpc) is 3.12. The van der Waals surface area contributed by atoms with Crippen LogP contribution in [0.1, 0.15) is 11.1 Å². The second kappa shape index (κ2) is 10.9. The van der Waals surface area contributed by atoms with Crippen LogP contribution in [-0.4, -0.2) is 11.7 Å². The van der Waals surface area contributed by atoms with Crippen molar-refractivity contribution in [1.82, 2.24) is 0 Å². The van der Waals surface area contributed by atoms with Gasteiger partial charge in [0.1, 0.15) is 11.7 Å². The lowest BCUT2D eigenvalue weighted by Crippen LogP contribution is -2.37. The smallest absolute Gasteiger partial charge is 0.138 e. The molecule has 0 fully saturated rings. The first-order valence-electron chi connectivity index (χ1n) is 15.1. The summed E-state index contributed by atoms with van der Waals surface area (Å²) in [4.78, 5) is 1.71. The van der Waals surface area contributed by atoms with Crippen LogP contribution in [0.5, 0.6) is 0 Å². The average molecular weight is 576 g/mol. The summed E-state index contributed by atoms with van der Waals surface area (Å²) in [6.07, 6.45) is 0. The maximum absolute atomic E-state index is 9.11. The summed E-state index contributed by atoms with van der Waals surface area (Å²) in [5.41, 5.74) is 7.00. The summed E-state index contributed by atoms with van der Waals surface area (Å²) >= 11 is 0. The second-order valence-corrected chi connectivity index (χ2v) is 11.3. The van der Waals surface area contributed by atoms with Crippen LogP contribution in [0, 0.1) is 10.8 Å². The van der Waals surface area contributed by atoms with E-state index >= 15 is 0 Å². The highest BCUT2D eigenvalue weighted by Crippen LogP contribution is 2.42. The molecule has 3 heteroatoms. The van der Waals surface area contributed by atoms with Crippen molar-refractivity contribution < 1.29 is 0 Å². The van der Waals surface area contributed by atoms with Crippen LogP contribution in [-0.2, 0) is 0 Å². The van der Waals surface area contributed by atoms with E-state index in [2.05, 4.69) is 91.0 Å². The molecule has 2 N–H and O–H groups in total. The van der Waals surface area contributed by atoms with Crippen LogP contribution in [0.15, 0.2) is 164 Å². The van der Waals surface area contributed by atoms with Gasteiger partial charge >= 0.3 is 0 Å². The van der Waals surface area contributed by atoms with Crippen molar-refractivity contribution in [3.8, 4) is 22.3 Å². The molecule has 8 aromatic carbocycles. The minimum absolute atomic E-state index is 0.258. The zero-order chi connectivity index (χ0) is 30.3. The summed E-state index contributed by atoms with van der Waals surface area (Å²) < 4.78 is 0. The van der Waals surface area contributed by atoms with Crippen molar-refractivity contribution in [2.24, 2.45) is 0 Å². The van der Waals surface area contributed by atoms with E-state index in [1.807, 2.05) is 72.8 Å². The van der Waals surface area contributed by atoms with Gasteiger partial charge < -0.3 is 0 Å². The summed E-state index contributed by atoms with van der Waals surface area (Å²) in [6, 6.07) is 56.0. The van der Waals surface area contributed by atoms with Gasteiger partial charge in [0.2, 0.25) is 0 Å². The van der Waals surface area contributed by atoms with Crippen LogP contribution >= 0.6 is 0 Å². The maximum Gasteiger partial charge on any atom is 0.138 e. The van der Waals surface area contributed by atoms with Crippen molar-refractivity contribution in [1.29, 1.82) is 10.8 Å². The Morgan fingerprint density at radius 3 is 1.24 bits per heavy atom. The zero-order valence-electron chi connectivity index (χ0n) is 24.5. The molecule has 0 unspecified atom stereocenters. The molecule has 0 bridgehead atoms. The molecule has 0 heterocycles. The van der Waals surface area contributed by atoms with Gasteiger partial charge in [-0.3, -0.25) is 15.7 Å². The highest BCUT2D eigenvalue weighted by atomic mass is 15.2. The zero-order valence-corrected chi connectivity index (χ0v) is 24.5. The van der Waals surface area contributed by atoms with Crippen LogP contribution in [0.2, 0.25) is 0 Å². The first-order valence-corrected chi connectivity index (χ1v) is 15.1. The SMILES string of the molecule is N=C(c1ccccc1)N(C(=N)c1ccccc1)c1ccc(-c2ccc3ccc4c(-c5ccccc5)ccc5ccc2c3c54)cc1. The molecule has 3 nitrogen and oxygen atoms in total. The Morgan fingerprint density at radius 2 is 0.778 bits per heavy atom. The van der Waals surface area contributed by atoms with Gasteiger partial charge in [-0.2, -0.15) is 0 Å². The molecule has 0 spiro atoms. The fraction of sp³-hybridized carbons (Fsp3) is 0. The normalized spacial score (nSPS) is 11.3. The third-order valence-electron chi connectivity index (χ3n) is 8.73. The predicted molar refractivity (Wildman–Crippen MR) is 190 cm³/mol. The van der Waals surface area contributed by atoms with Crippen LogP contribution in [0.25, 0.3) is 54.6 Å². The van der Waals surface area contributed by atoms with Gasteiger partial charge in [-0.25, -0.2) is 0 Å². The van der Waals surface area contributed by atoms with E-state index in [4.69, 9.17) is 10.8 Å². The van der Waals surface area contributed by atoms with Gasteiger partial charge in [-0.15, -0.1) is 0 Å². The molecule has 0 saturated carbocycles. The van der Waals surface area contributed by atoms with E-state index in [-0.39, 0.29) is 11.7 Å². The Kier molecular flexibility index (Phi) is 6.43. The third-order valence-corrected chi connectivity index (χ3v) is 8.73. The molecule has 8 rings (SSSR count). The predicted octanol–water partition coefficient (Wildman–Crippen LogP) is 10.8. The van der Waals surface area contributed by atoms with Crippen molar-refractivity contribution in [2.75, 3.05) is 4.90 Å². The number of amidine groups is 2. The molecule has 0 saturated heterocycles. The fourth-order valence-electron chi connectivity index (χ4n) is 6.53. The standard InChI is InChI=1S/C42H29N3/c43-41(32-12-6-2-7-13-32)45(42(44)33-14-8-3-9-15-33)34-22-16-29(17-23-34)36-25-19-31-20-26-37-35(28-10-4-1-5-11-28)24-18-30-21-27-38(36)40(31)39(30)37/h1-27,43-44H. The molecule has 0 radical (unpaired) electrons. The van der Waals surface area contributed by atoms with E-state index in [0.29, 0.717) is 0 Å². The summed E-state index contributed by atoms with van der Waals surface area (Å²) in [5.74, 6) is 0.517. The number of hydrogen-bond acceptors (Lipinski definition) is 2. The number of hydrogen-bond donors (Lipinski definition) is 2. The van der Waals surface area contributed by atoms with E-state index in [9.17, 15) is 0 Å². The van der Waals surface area contributed by atoms with E-state index in [0.717, 1.165) is 27.9 Å². The van der Waals surface area contributed by atoms with E-state index < -0.39 is 0 Å². The molecule has 8 aromatic rings. The molecular weight excluding hydrogens is 546 g/mol. The van der Waals surface area contributed by atoms with Crippen LogP contribution < -0.4 is 4.90 Å². The molecule has 0 aliphatic carbocycles. The lowest BCUT2D eigenvalue weighted by atomic mass is 9.87. The summed E-state index contributed by atoms with van der Waals surface area (Å²) in [6.45, 7) is 0. The van der Waals surface area contributed by atoms with Crippen molar-refractivity contribution >= 4 is 49.7 Å². The van der Waals surface area contributed by atoms with Gasteiger partial charge in [-0.05, 0) is 66.7 Å². The Balaban J connectivity index is 1.25. The minimum Gasteiger partial charge on any atom is -0.284 e. The number of rotatable bonds is 5. The molecule has 45 heavy (non-hydrogen) atoms. The highest BCUT2D eigenvalue weighted by Gasteiger charge is 2.21. The molecular formula is C42H29N3. The Morgan fingerprint density at radius 1 is 0.378 bits per heavy atom. The lowest BCUT2D eigenvalue weighted by Gasteiger charge is -2.26. The Labute approximate surface area is 262 Å². The number of benzene rings is 8. The number of nitrogens with one attached hydrogen (secondary N) is 2. The van der Waals surface area contributed by atoms with Gasteiger partial charge in [-0.1, -0.05) is 152 Å². The molecule has 0 amide bonds. The quantitative estimate of drug-likeness (QED) is 0.120. The van der Waals surface area contributed by atoms with E-state index in [1.54, 1.807) is 4.90 Å². The third kappa shape index (κ3) is 4.54. The summed E-state index contributed by atoms with van der Waals surface area (Å²) in [5, 5.41) is 25.8. The van der Waals surface area contributed by atoms with Crippen molar-refractivity contribution in [2.45, 2.75) is 0 Å². The van der Waals surface area contributed by atoms with Gasteiger partial charge in [0, 0.05) is 16.8 Å². The molecule has 212 valence electrons. The number of anilines is 1. The Bertz CT molecular complexity index is 2270. The first-order chi connectivity index (χ1) is 22.2. The molecule has 0 aliphatic heterocycles. The van der Waals surface area contributed by atoms with Crippen molar-refractivity contribution in [3.05, 3.63) is 175 Å².